The first-order valence-corrected chi connectivity index (χ1v) is 12.4. The molecule has 1 aliphatic carbocycles. The van der Waals surface area contributed by atoms with Gasteiger partial charge in [-0.3, -0.25) is 0 Å². The summed E-state index contributed by atoms with van der Waals surface area (Å²) in [6.07, 6.45) is 13.4. The lowest BCUT2D eigenvalue weighted by Crippen LogP contribution is -2.22. The number of rotatable bonds is 2. The smallest absolute Gasteiger partial charge is 0.0564 e. The van der Waals surface area contributed by atoms with Crippen LogP contribution in [0, 0.1) is 5.92 Å². The van der Waals surface area contributed by atoms with Gasteiger partial charge in [0.1, 0.15) is 0 Å². The van der Waals surface area contributed by atoms with E-state index < -0.39 is 0 Å². The van der Waals surface area contributed by atoms with Crippen molar-refractivity contribution in [1.82, 2.24) is 0 Å². The lowest BCUT2D eigenvalue weighted by molar-refractivity contribution is 0.907. The van der Waals surface area contributed by atoms with Crippen molar-refractivity contribution in [2.45, 2.75) is 32.6 Å². The van der Waals surface area contributed by atoms with Crippen LogP contribution in [0.4, 0.5) is 11.4 Å². The van der Waals surface area contributed by atoms with E-state index in [0.717, 1.165) is 12.8 Å². The normalized spacial score (nSPS) is 20.7. The second-order valence-corrected chi connectivity index (χ2v) is 9.86. The first-order valence-electron chi connectivity index (χ1n) is 12.4. The maximum absolute atomic E-state index is 4.04. The van der Waals surface area contributed by atoms with Crippen molar-refractivity contribution in [3.8, 4) is 0 Å². The minimum atomic E-state index is 0.300. The number of benzene rings is 3. The van der Waals surface area contributed by atoms with Gasteiger partial charge < -0.3 is 4.90 Å². The first-order chi connectivity index (χ1) is 16.6. The van der Waals surface area contributed by atoms with E-state index in [1.54, 1.807) is 0 Å². The molecule has 0 saturated carbocycles. The molecule has 2 aliphatic heterocycles. The van der Waals surface area contributed by atoms with Gasteiger partial charge in [-0.2, -0.15) is 0 Å². The van der Waals surface area contributed by atoms with Gasteiger partial charge in [-0.05, 0) is 52.2 Å². The lowest BCUT2D eigenvalue weighted by atomic mass is 9.80. The Balaban J connectivity index is 1.70. The molecule has 0 spiro atoms. The van der Waals surface area contributed by atoms with Crippen LogP contribution >= 0.6 is 0 Å². The van der Waals surface area contributed by atoms with Crippen LogP contribution in [0.15, 0.2) is 85.5 Å². The zero-order chi connectivity index (χ0) is 23.4. The molecule has 2 unspecified atom stereocenters. The summed E-state index contributed by atoms with van der Waals surface area (Å²) in [6.45, 7) is 8.62. The Labute approximate surface area is 203 Å². The highest BCUT2D eigenvalue weighted by molar-refractivity contribution is 6.04. The molecule has 0 radical (unpaired) electrons. The number of hydrogen-bond acceptors (Lipinski definition) is 1. The summed E-state index contributed by atoms with van der Waals surface area (Å²) in [5.41, 5.74) is 15.1. The molecule has 34 heavy (non-hydrogen) atoms. The summed E-state index contributed by atoms with van der Waals surface area (Å²) >= 11 is 0. The highest BCUT2D eigenvalue weighted by atomic mass is 15.1. The molecule has 2 bridgehead atoms. The van der Waals surface area contributed by atoms with Crippen molar-refractivity contribution in [1.29, 1.82) is 0 Å². The van der Waals surface area contributed by atoms with E-state index >= 15 is 0 Å². The zero-order valence-corrected chi connectivity index (χ0v) is 20.3. The summed E-state index contributed by atoms with van der Waals surface area (Å²) in [6, 6.07) is 20.5. The molecular formula is C33H31N. The third kappa shape index (κ3) is 3.07. The number of anilines is 2. The second-order valence-electron chi connectivity index (χ2n) is 9.86. The van der Waals surface area contributed by atoms with E-state index in [4.69, 9.17) is 0 Å². The average Bonchev–Trinajstić information content (AvgIpc) is 3.30. The third-order valence-corrected chi connectivity index (χ3v) is 7.83. The molecule has 1 nitrogen and oxygen atoms in total. The maximum atomic E-state index is 4.04. The van der Waals surface area contributed by atoms with Crippen LogP contribution in [0.3, 0.4) is 0 Å². The molecular weight excluding hydrogens is 410 g/mol. The van der Waals surface area contributed by atoms with Gasteiger partial charge in [0.2, 0.25) is 0 Å². The summed E-state index contributed by atoms with van der Waals surface area (Å²) in [4.78, 5) is 2.48. The van der Waals surface area contributed by atoms with Gasteiger partial charge in [-0.15, -0.1) is 6.58 Å². The van der Waals surface area contributed by atoms with Crippen LogP contribution in [-0.2, 0) is 6.42 Å². The summed E-state index contributed by atoms with van der Waals surface area (Å²) in [5.74, 6) is 0.614. The largest absolute Gasteiger partial charge is 0.343 e. The fraction of sp³-hybridized carbons (Fsp3) is 0.212. The Kier molecular flexibility index (Phi) is 4.95. The van der Waals surface area contributed by atoms with E-state index in [1.165, 1.54) is 61.5 Å². The summed E-state index contributed by atoms with van der Waals surface area (Å²) in [5, 5.41) is 0. The predicted molar refractivity (Wildman–Crippen MR) is 147 cm³/mol. The molecule has 3 aromatic carbocycles. The van der Waals surface area contributed by atoms with Crippen molar-refractivity contribution in [3.63, 3.8) is 0 Å². The fourth-order valence-corrected chi connectivity index (χ4v) is 6.07. The van der Waals surface area contributed by atoms with Gasteiger partial charge in [0.25, 0.3) is 0 Å². The van der Waals surface area contributed by atoms with Crippen molar-refractivity contribution in [2.24, 2.45) is 5.92 Å². The van der Waals surface area contributed by atoms with E-state index in [1.807, 2.05) is 6.08 Å². The van der Waals surface area contributed by atoms with Crippen molar-refractivity contribution in [3.05, 3.63) is 124 Å². The maximum Gasteiger partial charge on any atom is 0.0564 e. The average molecular weight is 442 g/mol. The molecule has 0 saturated heterocycles. The quantitative estimate of drug-likeness (QED) is 0.360. The van der Waals surface area contributed by atoms with Gasteiger partial charge in [0.05, 0.1) is 11.4 Å². The molecule has 6 rings (SSSR count). The molecule has 0 N–H and O–H groups in total. The van der Waals surface area contributed by atoms with Gasteiger partial charge in [0.15, 0.2) is 0 Å². The number of hydrogen-bond donors (Lipinski definition) is 0. The monoisotopic (exact) mass is 441 g/mol. The standard InChI is InChI=1S/C33H31N/c1-5-21(2)20-25-12-8-11-23-10-6-7-13-26(23)22(3)27-18-16-24-17-19-29-30-15-9-14-28(25)32(30)34(4)33(27)31(24)29/h5-11,13-16,18-22H,1,12,17H2,2-4H3/b11-8-,25-20+. The van der Waals surface area contributed by atoms with Crippen LogP contribution in [0.1, 0.15) is 65.1 Å². The molecule has 0 amide bonds. The SMILES string of the molecule is C=CC(C)/C=C1\C/C=C\c2ccccc2C(C)c2ccc3c4c2N(C)c2c(cccc21)C4=CC3. The second kappa shape index (κ2) is 8.02. The Bertz CT molecular complexity index is 1410. The highest BCUT2D eigenvalue weighted by Gasteiger charge is 2.34. The van der Waals surface area contributed by atoms with Crippen molar-refractivity contribution < 1.29 is 0 Å². The first kappa shape index (κ1) is 21.0. The van der Waals surface area contributed by atoms with Gasteiger partial charge in [-0.1, -0.05) is 98.8 Å². The Hall–Kier alpha value is -3.58. The Morgan fingerprint density at radius 2 is 1.76 bits per heavy atom. The minimum absolute atomic E-state index is 0.300. The Morgan fingerprint density at radius 3 is 2.62 bits per heavy atom. The molecule has 168 valence electrons. The van der Waals surface area contributed by atoms with Crippen LogP contribution in [0.25, 0.3) is 17.2 Å². The Morgan fingerprint density at radius 1 is 0.941 bits per heavy atom. The number of allylic oxidation sites excluding steroid dienone is 5. The molecule has 2 heterocycles. The van der Waals surface area contributed by atoms with Gasteiger partial charge in [-0.25, -0.2) is 0 Å². The third-order valence-electron chi connectivity index (χ3n) is 7.83. The molecule has 3 aliphatic rings. The van der Waals surface area contributed by atoms with E-state index in [2.05, 4.69) is 111 Å². The highest BCUT2D eigenvalue weighted by Crippen LogP contribution is 2.54. The van der Waals surface area contributed by atoms with E-state index in [9.17, 15) is 0 Å². The summed E-state index contributed by atoms with van der Waals surface area (Å²) in [7, 11) is 2.27. The van der Waals surface area contributed by atoms with Gasteiger partial charge >= 0.3 is 0 Å². The molecule has 0 fully saturated rings. The van der Waals surface area contributed by atoms with E-state index in [0.29, 0.717) is 11.8 Å². The molecule has 0 aromatic heterocycles. The number of para-hydroxylation sites is 1. The van der Waals surface area contributed by atoms with Gasteiger partial charge in [0, 0.05) is 29.7 Å². The van der Waals surface area contributed by atoms with E-state index in [-0.39, 0.29) is 0 Å². The van der Waals surface area contributed by atoms with Crippen LogP contribution in [-0.4, -0.2) is 7.05 Å². The minimum Gasteiger partial charge on any atom is -0.343 e. The van der Waals surface area contributed by atoms with Crippen molar-refractivity contribution in [2.75, 3.05) is 11.9 Å². The zero-order valence-electron chi connectivity index (χ0n) is 20.3. The molecule has 3 aromatic rings. The molecule has 1 heteroatoms. The summed E-state index contributed by atoms with van der Waals surface area (Å²) < 4.78 is 0. The van der Waals surface area contributed by atoms with Crippen LogP contribution in [0.5, 0.6) is 0 Å². The predicted octanol–water partition coefficient (Wildman–Crippen LogP) is 8.53. The van der Waals surface area contributed by atoms with Crippen LogP contribution in [0.2, 0.25) is 0 Å². The van der Waals surface area contributed by atoms with Crippen molar-refractivity contribution >= 4 is 28.6 Å². The number of nitrogens with zero attached hydrogens (tertiary/aromatic N) is 1. The number of fused-ring (bicyclic) bond motifs is 2. The lowest BCUT2D eigenvalue weighted by Gasteiger charge is -2.37. The molecule has 2 atom stereocenters. The topological polar surface area (TPSA) is 3.24 Å². The fourth-order valence-electron chi connectivity index (χ4n) is 6.07. The van der Waals surface area contributed by atoms with Crippen LogP contribution < -0.4 is 4.90 Å².